The summed E-state index contributed by atoms with van der Waals surface area (Å²) >= 11 is 3.15. The Hall–Kier alpha value is -0.320. The predicted octanol–water partition coefficient (Wildman–Crippen LogP) is 3.37. The van der Waals surface area contributed by atoms with E-state index in [4.69, 9.17) is 4.74 Å². The monoisotopic (exact) mass is 309 g/mol. The van der Waals surface area contributed by atoms with Crippen molar-refractivity contribution in [2.45, 2.75) is 45.4 Å². The Bertz CT molecular complexity index is 260. The predicted molar refractivity (Wildman–Crippen MR) is 69.2 cm³/mol. The van der Waals surface area contributed by atoms with Gasteiger partial charge in [0.05, 0.1) is 0 Å². The van der Waals surface area contributed by atoms with Gasteiger partial charge in [0.15, 0.2) is 0 Å². The SMILES string of the molecule is CC(C)(C)OC(=O)N1CCC(C(F)CBr)CC1. The van der Waals surface area contributed by atoms with E-state index in [1.165, 1.54) is 0 Å². The molecular formula is C12H21BrFNO2. The number of hydrogen-bond donors (Lipinski definition) is 0. The van der Waals surface area contributed by atoms with Crippen LogP contribution in [0.25, 0.3) is 0 Å². The average Bonchev–Trinajstić information content (AvgIpc) is 2.26. The highest BCUT2D eigenvalue weighted by atomic mass is 79.9. The van der Waals surface area contributed by atoms with Crippen LogP contribution in [0.15, 0.2) is 0 Å². The summed E-state index contributed by atoms with van der Waals surface area (Å²) in [4.78, 5) is 13.4. The van der Waals surface area contributed by atoms with Crippen LogP contribution < -0.4 is 0 Å². The molecule has 0 aromatic heterocycles. The third kappa shape index (κ3) is 4.82. The molecule has 0 spiro atoms. The molecule has 0 N–H and O–H groups in total. The van der Waals surface area contributed by atoms with Crippen molar-refractivity contribution in [3.05, 3.63) is 0 Å². The molecule has 5 heteroatoms. The molecule has 1 rings (SSSR count). The molecule has 1 fully saturated rings. The van der Waals surface area contributed by atoms with Crippen LogP contribution >= 0.6 is 15.9 Å². The van der Waals surface area contributed by atoms with Gasteiger partial charge in [-0.3, -0.25) is 0 Å². The third-order valence-electron chi connectivity index (χ3n) is 2.85. The second-order valence-electron chi connectivity index (χ2n) is 5.48. The number of alkyl halides is 2. The van der Waals surface area contributed by atoms with E-state index in [2.05, 4.69) is 15.9 Å². The maximum atomic E-state index is 13.4. The van der Waals surface area contributed by atoms with E-state index in [1.54, 1.807) is 4.90 Å². The molecule has 1 amide bonds. The summed E-state index contributed by atoms with van der Waals surface area (Å²) in [7, 11) is 0. The number of hydrogen-bond acceptors (Lipinski definition) is 2. The van der Waals surface area contributed by atoms with Gasteiger partial charge in [0.2, 0.25) is 0 Å². The normalized spacial score (nSPS) is 20.2. The first-order valence-corrected chi connectivity index (χ1v) is 7.13. The second-order valence-corrected chi connectivity index (χ2v) is 6.12. The molecule has 100 valence electrons. The highest BCUT2D eigenvalue weighted by molar-refractivity contribution is 9.09. The lowest BCUT2D eigenvalue weighted by Crippen LogP contribution is -2.43. The standard InChI is InChI=1S/C12H21BrFNO2/c1-12(2,3)17-11(16)15-6-4-9(5-7-15)10(14)8-13/h9-10H,4-8H2,1-3H3. The Balaban J connectivity index is 2.39. The number of halogens is 2. The number of carbonyl (C=O) groups is 1. The first-order valence-electron chi connectivity index (χ1n) is 6.01. The Morgan fingerprint density at radius 1 is 1.47 bits per heavy atom. The minimum absolute atomic E-state index is 0.0630. The van der Waals surface area contributed by atoms with Gasteiger partial charge in [-0.1, -0.05) is 15.9 Å². The van der Waals surface area contributed by atoms with Gasteiger partial charge in [-0.05, 0) is 39.5 Å². The fraction of sp³-hybridized carbons (Fsp3) is 0.917. The molecule has 1 unspecified atom stereocenters. The number of nitrogens with zero attached hydrogens (tertiary/aromatic N) is 1. The lowest BCUT2D eigenvalue weighted by Gasteiger charge is -2.34. The zero-order chi connectivity index (χ0) is 13.1. The van der Waals surface area contributed by atoms with Gasteiger partial charge in [0.25, 0.3) is 0 Å². The molecule has 0 aromatic carbocycles. The Labute approximate surface area is 111 Å². The first-order chi connectivity index (χ1) is 7.83. The molecule has 1 aliphatic rings. The molecule has 0 bridgehead atoms. The van der Waals surface area contributed by atoms with Gasteiger partial charge in [0, 0.05) is 18.4 Å². The summed E-state index contributed by atoms with van der Waals surface area (Å²) in [6, 6.07) is 0. The molecule has 0 aromatic rings. The minimum atomic E-state index is -0.809. The van der Waals surface area contributed by atoms with E-state index < -0.39 is 11.8 Å². The molecule has 17 heavy (non-hydrogen) atoms. The van der Waals surface area contributed by atoms with Gasteiger partial charge in [0.1, 0.15) is 11.8 Å². The molecule has 0 radical (unpaired) electrons. The number of piperidine rings is 1. The average molecular weight is 310 g/mol. The smallest absolute Gasteiger partial charge is 0.410 e. The van der Waals surface area contributed by atoms with Gasteiger partial charge in [-0.25, -0.2) is 9.18 Å². The maximum Gasteiger partial charge on any atom is 0.410 e. The summed E-state index contributed by atoms with van der Waals surface area (Å²) in [5.41, 5.74) is -0.466. The molecular weight excluding hydrogens is 289 g/mol. The number of likely N-dealkylation sites (tertiary alicyclic amines) is 1. The largest absolute Gasteiger partial charge is 0.444 e. The van der Waals surface area contributed by atoms with Crippen molar-refractivity contribution in [3.63, 3.8) is 0 Å². The van der Waals surface area contributed by atoms with E-state index >= 15 is 0 Å². The second kappa shape index (κ2) is 6.03. The summed E-state index contributed by atoms with van der Waals surface area (Å²) in [6.45, 7) is 6.72. The van der Waals surface area contributed by atoms with Crippen molar-refractivity contribution < 1.29 is 13.9 Å². The highest BCUT2D eigenvalue weighted by Crippen LogP contribution is 2.24. The molecule has 0 aliphatic carbocycles. The van der Waals surface area contributed by atoms with E-state index in [-0.39, 0.29) is 12.0 Å². The number of carbonyl (C=O) groups excluding carboxylic acids is 1. The molecule has 0 saturated carbocycles. The number of amides is 1. The van der Waals surface area contributed by atoms with Crippen molar-refractivity contribution in [1.82, 2.24) is 4.90 Å². The van der Waals surface area contributed by atoms with Crippen LogP contribution in [0.2, 0.25) is 0 Å². The van der Waals surface area contributed by atoms with Crippen molar-refractivity contribution in [1.29, 1.82) is 0 Å². The van der Waals surface area contributed by atoms with Crippen LogP contribution in [0.5, 0.6) is 0 Å². The zero-order valence-electron chi connectivity index (χ0n) is 10.7. The van der Waals surface area contributed by atoms with E-state index in [1.807, 2.05) is 20.8 Å². The van der Waals surface area contributed by atoms with Gasteiger partial charge < -0.3 is 9.64 Å². The van der Waals surface area contributed by atoms with Crippen LogP contribution in [-0.2, 0) is 4.74 Å². The summed E-state index contributed by atoms with van der Waals surface area (Å²) in [5.74, 6) is 0.0630. The van der Waals surface area contributed by atoms with Crippen molar-refractivity contribution in [3.8, 4) is 0 Å². The zero-order valence-corrected chi connectivity index (χ0v) is 12.3. The fourth-order valence-corrected chi connectivity index (χ4v) is 2.42. The maximum absolute atomic E-state index is 13.4. The summed E-state index contributed by atoms with van der Waals surface area (Å²) in [6.07, 6.45) is 0.332. The molecule has 3 nitrogen and oxygen atoms in total. The summed E-state index contributed by atoms with van der Waals surface area (Å²) in [5, 5.41) is 0.379. The van der Waals surface area contributed by atoms with Crippen LogP contribution in [0, 0.1) is 5.92 Å². The molecule has 1 atom stereocenters. The van der Waals surface area contributed by atoms with Crippen LogP contribution in [-0.4, -0.2) is 41.2 Å². The number of rotatable bonds is 2. The number of ether oxygens (including phenoxy) is 1. The lowest BCUT2D eigenvalue weighted by molar-refractivity contribution is 0.0153. The van der Waals surface area contributed by atoms with E-state index in [0.29, 0.717) is 31.3 Å². The minimum Gasteiger partial charge on any atom is -0.444 e. The molecule has 1 saturated heterocycles. The molecule has 1 aliphatic heterocycles. The first kappa shape index (κ1) is 14.7. The van der Waals surface area contributed by atoms with Crippen LogP contribution in [0.4, 0.5) is 9.18 Å². The van der Waals surface area contributed by atoms with Crippen molar-refractivity contribution >= 4 is 22.0 Å². The molecule has 1 heterocycles. The van der Waals surface area contributed by atoms with E-state index in [0.717, 1.165) is 0 Å². The topological polar surface area (TPSA) is 29.5 Å². The van der Waals surface area contributed by atoms with Gasteiger partial charge in [-0.2, -0.15) is 0 Å². The fourth-order valence-electron chi connectivity index (χ4n) is 1.90. The quantitative estimate of drug-likeness (QED) is 0.732. The van der Waals surface area contributed by atoms with Gasteiger partial charge in [-0.15, -0.1) is 0 Å². The Morgan fingerprint density at radius 2 is 2.00 bits per heavy atom. The third-order valence-corrected chi connectivity index (χ3v) is 3.47. The van der Waals surface area contributed by atoms with Crippen molar-refractivity contribution in [2.24, 2.45) is 5.92 Å². The highest BCUT2D eigenvalue weighted by Gasteiger charge is 2.30. The van der Waals surface area contributed by atoms with Crippen molar-refractivity contribution in [2.75, 3.05) is 18.4 Å². The van der Waals surface area contributed by atoms with Gasteiger partial charge >= 0.3 is 6.09 Å². The van der Waals surface area contributed by atoms with E-state index in [9.17, 15) is 9.18 Å². The van der Waals surface area contributed by atoms with Crippen LogP contribution in [0.1, 0.15) is 33.6 Å². The summed E-state index contributed by atoms with van der Waals surface area (Å²) < 4.78 is 18.7. The van der Waals surface area contributed by atoms with Crippen LogP contribution in [0.3, 0.4) is 0 Å². The Kier molecular flexibility index (Phi) is 5.22. The Morgan fingerprint density at radius 3 is 2.41 bits per heavy atom. The lowest BCUT2D eigenvalue weighted by atomic mass is 9.93.